The average Bonchev–Trinajstić information content (AvgIpc) is 2.74. The summed E-state index contributed by atoms with van der Waals surface area (Å²) >= 11 is 0. The Balaban J connectivity index is 2.03. The predicted molar refractivity (Wildman–Crippen MR) is 79.6 cm³/mol. The van der Waals surface area contributed by atoms with Crippen molar-refractivity contribution in [3.8, 4) is 5.75 Å². The fourth-order valence-corrected chi connectivity index (χ4v) is 2.82. The van der Waals surface area contributed by atoms with Gasteiger partial charge in [-0.1, -0.05) is 6.07 Å². The SMILES string of the molecule is CC(N)c1ccc(N(C)CC2CCN(C)C2)cc1O. The Kier molecular flexibility index (Phi) is 4.32. The van der Waals surface area contributed by atoms with Crippen molar-refractivity contribution in [1.82, 2.24) is 4.90 Å². The first-order chi connectivity index (χ1) is 8.97. The van der Waals surface area contributed by atoms with Crippen LogP contribution in [0, 0.1) is 5.92 Å². The summed E-state index contributed by atoms with van der Waals surface area (Å²) in [4.78, 5) is 4.59. The van der Waals surface area contributed by atoms with Gasteiger partial charge in [0.05, 0.1) is 0 Å². The van der Waals surface area contributed by atoms with Crippen LogP contribution in [0.4, 0.5) is 5.69 Å². The molecule has 0 bridgehead atoms. The van der Waals surface area contributed by atoms with Crippen LogP contribution in [0.15, 0.2) is 18.2 Å². The normalized spacial score (nSPS) is 21.6. The number of hydrogen-bond acceptors (Lipinski definition) is 4. The minimum atomic E-state index is -0.136. The fraction of sp³-hybridized carbons (Fsp3) is 0.600. The van der Waals surface area contributed by atoms with Gasteiger partial charge < -0.3 is 20.6 Å². The number of likely N-dealkylation sites (tertiary alicyclic amines) is 1. The summed E-state index contributed by atoms with van der Waals surface area (Å²) in [5.74, 6) is 1.01. The molecule has 0 saturated carbocycles. The zero-order chi connectivity index (χ0) is 14.0. The van der Waals surface area contributed by atoms with Gasteiger partial charge in [0, 0.05) is 43.5 Å². The summed E-state index contributed by atoms with van der Waals surface area (Å²) in [7, 11) is 4.25. The molecule has 0 aliphatic carbocycles. The third-order valence-electron chi connectivity index (χ3n) is 3.97. The quantitative estimate of drug-likeness (QED) is 0.870. The predicted octanol–water partition coefficient (Wildman–Crippen LogP) is 1.80. The van der Waals surface area contributed by atoms with Gasteiger partial charge in [0.1, 0.15) is 5.75 Å². The lowest BCUT2D eigenvalue weighted by atomic mass is 10.1. The lowest BCUT2D eigenvalue weighted by Crippen LogP contribution is -2.27. The van der Waals surface area contributed by atoms with Crippen LogP contribution in [-0.4, -0.2) is 43.7 Å². The van der Waals surface area contributed by atoms with Crippen LogP contribution >= 0.6 is 0 Å². The van der Waals surface area contributed by atoms with Crippen molar-refractivity contribution in [2.75, 3.05) is 38.6 Å². The van der Waals surface area contributed by atoms with Crippen LogP contribution in [0.1, 0.15) is 24.9 Å². The van der Waals surface area contributed by atoms with Gasteiger partial charge in [-0.25, -0.2) is 0 Å². The first-order valence-electron chi connectivity index (χ1n) is 6.95. The van der Waals surface area contributed by atoms with Crippen molar-refractivity contribution >= 4 is 5.69 Å². The first-order valence-corrected chi connectivity index (χ1v) is 6.95. The molecule has 0 radical (unpaired) electrons. The van der Waals surface area contributed by atoms with Gasteiger partial charge in [0.15, 0.2) is 0 Å². The zero-order valence-electron chi connectivity index (χ0n) is 12.1. The van der Waals surface area contributed by atoms with Crippen LogP contribution in [0.2, 0.25) is 0 Å². The molecular formula is C15H25N3O. The summed E-state index contributed by atoms with van der Waals surface area (Å²) < 4.78 is 0. The number of aromatic hydroxyl groups is 1. The molecule has 106 valence electrons. The van der Waals surface area contributed by atoms with Crippen molar-refractivity contribution in [2.24, 2.45) is 11.7 Å². The zero-order valence-corrected chi connectivity index (χ0v) is 12.1. The molecule has 2 rings (SSSR count). The van der Waals surface area contributed by atoms with E-state index in [1.54, 1.807) is 0 Å². The number of anilines is 1. The average molecular weight is 263 g/mol. The maximum atomic E-state index is 10.00. The van der Waals surface area contributed by atoms with E-state index in [0.29, 0.717) is 11.7 Å². The Morgan fingerprint density at radius 2 is 2.26 bits per heavy atom. The van der Waals surface area contributed by atoms with E-state index in [1.807, 2.05) is 25.1 Å². The molecule has 0 amide bonds. The highest BCUT2D eigenvalue weighted by Crippen LogP contribution is 2.28. The highest BCUT2D eigenvalue weighted by molar-refractivity contribution is 5.53. The molecule has 4 heteroatoms. The Morgan fingerprint density at radius 1 is 1.53 bits per heavy atom. The molecule has 2 atom stereocenters. The van der Waals surface area contributed by atoms with Crippen LogP contribution in [0.25, 0.3) is 0 Å². The number of nitrogens with two attached hydrogens (primary N) is 1. The van der Waals surface area contributed by atoms with Crippen molar-refractivity contribution in [3.63, 3.8) is 0 Å². The summed E-state index contributed by atoms with van der Waals surface area (Å²) in [5, 5.41) is 10.00. The lowest BCUT2D eigenvalue weighted by molar-refractivity contribution is 0.396. The Labute approximate surface area is 115 Å². The molecule has 19 heavy (non-hydrogen) atoms. The van der Waals surface area contributed by atoms with Crippen LogP contribution in [0.3, 0.4) is 0 Å². The molecule has 1 aromatic carbocycles. The second-order valence-corrected chi connectivity index (χ2v) is 5.83. The van der Waals surface area contributed by atoms with Gasteiger partial charge in [-0.2, -0.15) is 0 Å². The molecule has 4 nitrogen and oxygen atoms in total. The van der Waals surface area contributed by atoms with Gasteiger partial charge in [-0.15, -0.1) is 0 Å². The molecular weight excluding hydrogens is 238 g/mol. The van der Waals surface area contributed by atoms with E-state index in [9.17, 15) is 5.11 Å². The van der Waals surface area contributed by atoms with E-state index in [0.717, 1.165) is 24.3 Å². The number of phenolic OH excluding ortho intramolecular Hbond substituents is 1. The lowest BCUT2D eigenvalue weighted by Gasteiger charge is -2.24. The first kappa shape index (κ1) is 14.2. The number of hydrogen-bond donors (Lipinski definition) is 2. The molecule has 1 heterocycles. The highest BCUT2D eigenvalue weighted by atomic mass is 16.3. The van der Waals surface area contributed by atoms with Gasteiger partial charge >= 0.3 is 0 Å². The van der Waals surface area contributed by atoms with E-state index >= 15 is 0 Å². The summed E-state index contributed by atoms with van der Waals surface area (Å²) in [6.07, 6.45) is 1.25. The van der Waals surface area contributed by atoms with Gasteiger partial charge in [0.25, 0.3) is 0 Å². The highest BCUT2D eigenvalue weighted by Gasteiger charge is 2.21. The minimum Gasteiger partial charge on any atom is -0.508 e. The number of rotatable bonds is 4. The molecule has 3 N–H and O–H groups in total. The third-order valence-corrected chi connectivity index (χ3v) is 3.97. The summed E-state index contributed by atoms with van der Waals surface area (Å²) in [6.45, 7) is 5.26. The summed E-state index contributed by atoms with van der Waals surface area (Å²) in [6, 6.07) is 5.64. The van der Waals surface area contributed by atoms with Crippen molar-refractivity contribution < 1.29 is 5.11 Å². The van der Waals surface area contributed by atoms with E-state index in [2.05, 4.69) is 23.9 Å². The second kappa shape index (κ2) is 5.80. The molecule has 2 unspecified atom stereocenters. The van der Waals surface area contributed by atoms with Crippen molar-refractivity contribution in [2.45, 2.75) is 19.4 Å². The maximum absolute atomic E-state index is 10.00. The topological polar surface area (TPSA) is 52.7 Å². The van der Waals surface area contributed by atoms with E-state index < -0.39 is 0 Å². The molecule has 1 fully saturated rings. The van der Waals surface area contributed by atoms with Gasteiger partial charge in [-0.3, -0.25) is 0 Å². The number of phenols is 1. The molecule has 0 spiro atoms. The number of benzene rings is 1. The second-order valence-electron chi connectivity index (χ2n) is 5.83. The van der Waals surface area contributed by atoms with Crippen LogP contribution in [-0.2, 0) is 0 Å². The van der Waals surface area contributed by atoms with Gasteiger partial charge in [0.2, 0.25) is 0 Å². The molecule has 1 saturated heterocycles. The van der Waals surface area contributed by atoms with Crippen LogP contribution < -0.4 is 10.6 Å². The summed E-state index contributed by atoms with van der Waals surface area (Å²) in [5.41, 5.74) is 7.66. The van der Waals surface area contributed by atoms with Crippen LogP contribution in [0.5, 0.6) is 5.75 Å². The van der Waals surface area contributed by atoms with E-state index in [1.165, 1.54) is 13.0 Å². The molecule has 1 aliphatic heterocycles. The smallest absolute Gasteiger partial charge is 0.122 e. The largest absolute Gasteiger partial charge is 0.508 e. The Hall–Kier alpha value is -1.26. The van der Waals surface area contributed by atoms with Gasteiger partial charge in [-0.05, 0) is 38.9 Å². The molecule has 0 aromatic heterocycles. The molecule has 1 aromatic rings. The number of nitrogens with zero attached hydrogens (tertiary/aromatic N) is 2. The van der Waals surface area contributed by atoms with Crippen molar-refractivity contribution in [3.05, 3.63) is 23.8 Å². The third kappa shape index (κ3) is 3.39. The minimum absolute atomic E-state index is 0.136. The Bertz CT molecular complexity index is 433. The Morgan fingerprint density at radius 3 is 2.79 bits per heavy atom. The molecule has 1 aliphatic rings. The van der Waals surface area contributed by atoms with E-state index in [-0.39, 0.29) is 6.04 Å². The van der Waals surface area contributed by atoms with E-state index in [4.69, 9.17) is 5.73 Å². The van der Waals surface area contributed by atoms with Crippen molar-refractivity contribution in [1.29, 1.82) is 0 Å². The monoisotopic (exact) mass is 263 g/mol. The fourth-order valence-electron chi connectivity index (χ4n) is 2.82. The maximum Gasteiger partial charge on any atom is 0.122 e. The standard InChI is InChI=1S/C15H25N3O/c1-11(16)14-5-4-13(8-15(14)19)18(3)10-12-6-7-17(2)9-12/h4-5,8,11-12,19H,6-7,9-10,16H2,1-3H3.